The molecule has 0 bridgehead atoms. The van der Waals surface area contributed by atoms with Crippen molar-refractivity contribution >= 4 is 28.3 Å². The van der Waals surface area contributed by atoms with E-state index in [1.807, 2.05) is 5.38 Å². The number of carbonyl (C=O) groups excluding carboxylic acids is 2. The quantitative estimate of drug-likeness (QED) is 0.852. The van der Waals surface area contributed by atoms with Crippen LogP contribution in [0.15, 0.2) is 11.6 Å². The van der Waals surface area contributed by atoms with E-state index in [1.165, 1.54) is 18.3 Å². The van der Waals surface area contributed by atoms with E-state index in [2.05, 4.69) is 20.5 Å². The normalized spacial score (nSPS) is 19.9. The molecule has 19 heavy (non-hydrogen) atoms. The molecular formula is C12H18N4O2S. The third kappa shape index (κ3) is 4.60. The fourth-order valence-electron chi connectivity index (χ4n) is 2.25. The zero-order valence-electron chi connectivity index (χ0n) is 10.9. The molecule has 1 unspecified atom stereocenters. The summed E-state index contributed by atoms with van der Waals surface area (Å²) in [6.07, 6.45) is 3.63. The molecule has 1 aliphatic heterocycles. The van der Waals surface area contributed by atoms with Gasteiger partial charge in [0, 0.05) is 31.1 Å². The summed E-state index contributed by atoms with van der Waals surface area (Å²) in [4.78, 5) is 28.9. The fourth-order valence-corrected chi connectivity index (χ4v) is 2.80. The van der Waals surface area contributed by atoms with Crippen LogP contribution >= 0.6 is 11.3 Å². The number of likely N-dealkylation sites (tertiary alicyclic amines) is 1. The summed E-state index contributed by atoms with van der Waals surface area (Å²) in [6, 6.07) is 0.152. The van der Waals surface area contributed by atoms with Crippen LogP contribution in [0.5, 0.6) is 0 Å². The minimum atomic E-state index is -0.0570. The van der Waals surface area contributed by atoms with Gasteiger partial charge in [-0.05, 0) is 19.4 Å². The molecule has 6 nitrogen and oxygen atoms in total. The van der Waals surface area contributed by atoms with Crippen molar-refractivity contribution in [1.82, 2.24) is 15.2 Å². The van der Waals surface area contributed by atoms with Crippen molar-refractivity contribution in [2.24, 2.45) is 0 Å². The van der Waals surface area contributed by atoms with Crippen LogP contribution in [0.1, 0.15) is 19.8 Å². The van der Waals surface area contributed by atoms with E-state index < -0.39 is 0 Å². The number of rotatable bonds is 4. The number of amides is 2. The molecule has 7 heteroatoms. The minimum absolute atomic E-state index is 0.0147. The summed E-state index contributed by atoms with van der Waals surface area (Å²) in [5, 5.41) is 8.12. The number of nitrogens with zero attached hydrogens (tertiary/aromatic N) is 2. The van der Waals surface area contributed by atoms with Gasteiger partial charge in [-0.3, -0.25) is 14.5 Å². The molecule has 2 rings (SSSR count). The highest BCUT2D eigenvalue weighted by Gasteiger charge is 2.22. The van der Waals surface area contributed by atoms with Crippen LogP contribution in [0.3, 0.4) is 0 Å². The van der Waals surface area contributed by atoms with Crippen molar-refractivity contribution < 1.29 is 9.59 Å². The monoisotopic (exact) mass is 282 g/mol. The number of piperidine rings is 1. The maximum Gasteiger partial charge on any atom is 0.240 e. The molecule has 0 saturated carbocycles. The molecule has 1 aromatic rings. The second-order valence-electron chi connectivity index (χ2n) is 4.66. The smallest absolute Gasteiger partial charge is 0.240 e. The maximum atomic E-state index is 11.8. The number of carbonyl (C=O) groups is 2. The Kier molecular flexibility index (Phi) is 4.86. The van der Waals surface area contributed by atoms with E-state index in [0.29, 0.717) is 11.7 Å². The average Bonchev–Trinajstić information content (AvgIpc) is 2.81. The molecule has 1 aromatic heterocycles. The van der Waals surface area contributed by atoms with Gasteiger partial charge in [-0.1, -0.05) is 0 Å². The summed E-state index contributed by atoms with van der Waals surface area (Å²) in [5.41, 5.74) is 0. The van der Waals surface area contributed by atoms with E-state index >= 15 is 0 Å². The summed E-state index contributed by atoms with van der Waals surface area (Å²) in [6.45, 7) is 3.48. The highest BCUT2D eigenvalue weighted by molar-refractivity contribution is 7.13. The van der Waals surface area contributed by atoms with E-state index in [4.69, 9.17) is 0 Å². The number of hydrogen-bond donors (Lipinski definition) is 2. The third-order valence-electron chi connectivity index (χ3n) is 2.96. The van der Waals surface area contributed by atoms with Gasteiger partial charge in [-0.15, -0.1) is 11.3 Å². The first kappa shape index (κ1) is 14.0. The summed E-state index contributed by atoms with van der Waals surface area (Å²) >= 11 is 1.40. The van der Waals surface area contributed by atoms with Gasteiger partial charge in [0.15, 0.2) is 5.13 Å². The number of nitrogens with one attached hydrogen (secondary N) is 2. The topological polar surface area (TPSA) is 74.3 Å². The zero-order valence-corrected chi connectivity index (χ0v) is 11.7. The molecule has 1 aliphatic rings. The Morgan fingerprint density at radius 3 is 3.11 bits per heavy atom. The summed E-state index contributed by atoms with van der Waals surface area (Å²) < 4.78 is 0. The van der Waals surface area contributed by atoms with Crippen molar-refractivity contribution in [3.63, 3.8) is 0 Å². The van der Waals surface area contributed by atoms with Gasteiger partial charge in [0.1, 0.15) is 0 Å². The minimum Gasteiger partial charge on any atom is -0.352 e. The number of thiazole rings is 1. The first-order valence-electron chi connectivity index (χ1n) is 6.32. The van der Waals surface area contributed by atoms with Gasteiger partial charge in [0.25, 0.3) is 0 Å². The van der Waals surface area contributed by atoms with Gasteiger partial charge in [-0.25, -0.2) is 4.98 Å². The molecule has 2 amide bonds. The van der Waals surface area contributed by atoms with Crippen LogP contribution in [0.4, 0.5) is 5.13 Å². The van der Waals surface area contributed by atoms with Crippen LogP contribution in [-0.2, 0) is 9.59 Å². The lowest BCUT2D eigenvalue weighted by molar-refractivity contribution is -0.120. The van der Waals surface area contributed by atoms with Crippen molar-refractivity contribution in [1.29, 1.82) is 0 Å². The van der Waals surface area contributed by atoms with Crippen molar-refractivity contribution in [2.45, 2.75) is 25.8 Å². The standard InChI is InChI=1S/C12H18N4O2S/c1-9(17)14-10-3-2-5-16(7-10)8-11(18)15-12-13-4-6-19-12/h4,6,10H,2-3,5,7-8H2,1H3,(H,14,17)(H,13,15,18). The molecular weight excluding hydrogens is 264 g/mol. The van der Waals surface area contributed by atoms with E-state index in [0.717, 1.165) is 25.9 Å². The zero-order chi connectivity index (χ0) is 13.7. The Labute approximate surface area is 116 Å². The molecule has 1 saturated heterocycles. The highest BCUT2D eigenvalue weighted by atomic mass is 32.1. The predicted molar refractivity (Wildman–Crippen MR) is 74.0 cm³/mol. The lowest BCUT2D eigenvalue weighted by Gasteiger charge is -2.32. The Bertz CT molecular complexity index is 435. The second-order valence-corrected chi connectivity index (χ2v) is 5.55. The fraction of sp³-hybridized carbons (Fsp3) is 0.583. The van der Waals surface area contributed by atoms with Crippen molar-refractivity contribution in [3.05, 3.63) is 11.6 Å². The van der Waals surface area contributed by atoms with Crippen molar-refractivity contribution in [3.8, 4) is 0 Å². The molecule has 1 atom stereocenters. The predicted octanol–water partition coefficient (Wildman–Crippen LogP) is 0.682. The lowest BCUT2D eigenvalue weighted by atomic mass is 10.1. The van der Waals surface area contributed by atoms with E-state index in [9.17, 15) is 9.59 Å². The average molecular weight is 282 g/mol. The maximum absolute atomic E-state index is 11.8. The first-order valence-corrected chi connectivity index (χ1v) is 7.20. The Balaban J connectivity index is 1.78. The van der Waals surface area contributed by atoms with Crippen LogP contribution < -0.4 is 10.6 Å². The largest absolute Gasteiger partial charge is 0.352 e. The molecule has 1 fully saturated rings. The van der Waals surface area contributed by atoms with Crippen molar-refractivity contribution in [2.75, 3.05) is 25.0 Å². The van der Waals surface area contributed by atoms with Crippen LogP contribution in [0, 0.1) is 0 Å². The van der Waals surface area contributed by atoms with Crippen LogP contribution in [0.25, 0.3) is 0 Å². The van der Waals surface area contributed by atoms with E-state index in [-0.39, 0.29) is 17.9 Å². The molecule has 0 aromatic carbocycles. The number of anilines is 1. The number of aromatic nitrogens is 1. The third-order valence-corrected chi connectivity index (χ3v) is 3.65. The molecule has 104 valence electrons. The Hall–Kier alpha value is -1.47. The van der Waals surface area contributed by atoms with Gasteiger partial charge in [-0.2, -0.15) is 0 Å². The lowest BCUT2D eigenvalue weighted by Crippen LogP contribution is -2.49. The Morgan fingerprint density at radius 2 is 2.42 bits per heavy atom. The van der Waals surface area contributed by atoms with Gasteiger partial charge in [0.2, 0.25) is 11.8 Å². The molecule has 0 spiro atoms. The molecule has 2 heterocycles. The van der Waals surface area contributed by atoms with Gasteiger partial charge >= 0.3 is 0 Å². The molecule has 2 N–H and O–H groups in total. The van der Waals surface area contributed by atoms with Gasteiger partial charge < -0.3 is 10.6 Å². The van der Waals surface area contributed by atoms with Gasteiger partial charge in [0.05, 0.1) is 6.54 Å². The second kappa shape index (κ2) is 6.63. The first-order chi connectivity index (χ1) is 9.13. The summed E-state index contributed by atoms with van der Waals surface area (Å²) in [7, 11) is 0. The van der Waals surface area contributed by atoms with E-state index in [1.54, 1.807) is 6.20 Å². The summed E-state index contributed by atoms with van der Waals surface area (Å²) in [5.74, 6) is -0.0717. The Morgan fingerprint density at radius 1 is 1.58 bits per heavy atom. The highest BCUT2D eigenvalue weighted by Crippen LogP contribution is 2.12. The number of hydrogen-bond acceptors (Lipinski definition) is 5. The molecule has 0 radical (unpaired) electrons. The van der Waals surface area contributed by atoms with Crippen LogP contribution in [-0.4, -0.2) is 47.4 Å². The van der Waals surface area contributed by atoms with Crippen LogP contribution in [0.2, 0.25) is 0 Å². The molecule has 0 aliphatic carbocycles. The SMILES string of the molecule is CC(=O)NC1CCCN(CC(=O)Nc2nccs2)C1.